The Morgan fingerprint density at radius 2 is 2.03 bits per heavy atom. The van der Waals surface area contributed by atoms with Crippen LogP contribution in [-0.2, 0) is 39.4 Å². The number of nitrogens with one attached hydrogen (secondary N) is 1. The second kappa shape index (κ2) is 11.7. The molecule has 188 valence electrons. The molecule has 0 bridgehead atoms. The minimum absolute atomic E-state index is 0.0465. The molecule has 2 N–H and O–H groups in total. The third kappa shape index (κ3) is 7.09. The number of anilines is 2. The van der Waals surface area contributed by atoms with Crippen LogP contribution in [0.15, 0.2) is 54.9 Å². The molecular weight excluding hydrogens is 484 g/mol. The van der Waals surface area contributed by atoms with Crippen molar-refractivity contribution >= 4 is 34.5 Å². The minimum atomic E-state index is -2.22. The molecule has 1 aliphatic heterocycles. The number of carboxylic acid groups (broad SMARTS) is 1. The highest BCUT2D eigenvalue weighted by Crippen LogP contribution is 2.31. The summed E-state index contributed by atoms with van der Waals surface area (Å²) in [6.07, 6.45) is 4.91. The number of aromatic nitrogens is 2. The molecule has 36 heavy (non-hydrogen) atoms. The lowest BCUT2D eigenvalue weighted by molar-refractivity contribution is -0.137. The summed E-state index contributed by atoms with van der Waals surface area (Å²) in [5.74, 6) is 0.672. The monoisotopic (exact) mass is 509 g/mol. The fraction of sp³-hybridized carbons (Fsp3) is 0.280. The van der Waals surface area contributed by atoms with E-state index in [4.69, 9.17) is 9.84 Å². The summed E-state index contributed by atoms with van der Waals surface area (Å²) in [7, 11) is 0. The molecule has 1 saturated heterocycles. The topological polar surface area (TPSA) is 145 Å². The average molecular weight is 510 g/mol. The molecule has 1 unspecified atom stereocenters. The molecule has 1 fully saturated rings. The van der Waals surface area contributed by atoms with Gasteiger partial charge in [-0.25, -0.2) is 4.98 Å². The van der Waals surface area contributed by atoms with E-state index in [1.807, 2.05) is 18.2 Å². The van der Waals surface area contributed by atoms with Gasteiger partial charge in [0.25, 0.3) is 0 Å². The number of hydrogen-bond acceptors (Lipinski definition) is 8. The van der Waals surface area contributed by atoms with Crippen LogP contribution >= 0.6 is 0 Å². The highest BCUT2D eigenvalue weighted by molar-refractivity contribution is 7.78. The Bertz CT molecular complexity index is 1250. The lowest BCUT2D eigenvalue weighted by Gasteiger charge is -2.19. The molecule has 1 aromatic carbocycles. The van der Waals surface area contributed by atoms with Gasteiger partial charge < -0.3 is 24.6 Å². The number of aryl methyl sites for hydroxylation is 1. The SMILES string of the molecule is O=C(O)CCc1ccc(Nc2ccc(Oc3ccc(CS(=O)[O-])nc3)c(CN3CCCC3=O)c2)nc1. The first kappa shape index (κ1) is 25.3. The number of nitrogens with zero attached hydrogens (tertiary/aromatic N) is 3. The fourth-order valence-corrected chi connectivity index (χ4v) is 4.22. The van der Waals surface area contributed by atoms with Crippen LogP contribution in [0.4, 0.5) is 11.5 Å². The van der Waals surface area contributed by atoms with E-state index < -0.39 is 17.0 Å². The maximum absolute atomic E-state index is 12.2. The van der Waals surface area contributed by atoms with Gasteiger partial charge in [0.05, 0.1) is 17.6 Å². The fourth-order valence-electron chi connectivity index (χ4n) is 3.81. The van der Waals surface area contributed by atoms with Crippen LogP contribution in [0.2, 0.25) is 0 Å². The maximum Gasteiger partial charge on any atom is 0.303 e. The van der Waals surface area contributed by atoms with Crippen LogP contribution < -0.4 is 10.1 Å². The first-order chi connectivity index (χ1) is 17.4. The van der Waals surface area contributed by atoms with Gasteiger partial charge in [-0.3, -0.25) is 18.8 Å². The Hall–Kier alpha value is -3.83. The van der Waals surface area contributed by atoms with Crippen LogP contribution in [0, 0.1) is 0 Å². The van der Waals surface area contributed by atoms with Crippen LogP contribution in [0.1, 0.15) is 36.1 Å². The minimum Gasteiger partial charge on any atom is -0.772 e. The van der Waals surface area contributed by atoms with Crippen molar-refractivity contribution in [3.8, 4) is 11.5 Å². The summed E-state index contributed by atoms with van der Waals surface area (Å²) in [5, 5.41) is 12.1. The number of likely N-dealkylation sites (tertiary alicyclic amines) is 1. The van der Waals surface area contributed by atoms with E-state index in [9.17, 15) is 18.4 Å². The highest BCUT2D eigenvalue weighted by atomic mass is 32.2. The number of benzene rings is 1. The number of carbonyl (C=O) groups excluding carboxylic acids is 1. The van der Waals surface area contributed by atoms with Crippen LogP contribution in [0.5, 0.6) is 11.5 Å². The van der Waals surface area contributed by atoms with Gasteiger partial charge >= 0.3 is 5.97 Å². The van der Waals surface area contributed by atoms with E-state index in [-0.39, 0.29) is 18.1 Å². The zero-order chi connectivity index (χ0) is 25.5. The smallest absolute Gasteiger partial charge is 0.303 e. The molecule has 1 amide bonds. The molecule has 0 saturated carbocycles. The molecule has 1 atom stereocenters. The molecular formula is C25H25N4O6S-. The molecule has 4 rings (SSSR count). The number of ether oxygens (including phenoxy) is 1. The van der Waals surface area contributed by atoms with Gasteiger partial charge in [0.15, 0.2) is 0 Å². The first-order valence-electron chi connectivity index (χ1n) is 11.4. The highest BCUT2D eigenvalue weighted by Gasteiger charge is 2.22. The Labute approximate surface area is 210 Å². The Morgan fingerprint density at radius 3 is 2.67 bits per heavy atom. The van der Waals surface area contributed by atoms with E-state index in [0.717, 1.165) is 23.2 Å². The number of carboxylic acids is 1. The summed E-state index contributed by atoms with van der Waals surface area (Å²) in [6.45, 7) is 1.06. The van der Waals surface area contributed by atoms with Crippen molar-refractivity contribution in [2.45, 2.75) is 38.0 Å². The number of aliphatic carboxylic acids is 1. The largest absolute Gasteiger partial charge is 0.772 e. The standard InChI is InChI=1S/C25H26N4O6S/c30-24-2-1-11-29(24)15-18-12-19(28-23-9-3-17(13-27-23)4-10-25(31)32)6-8-22(18)35-21-7-5-20(26-14-21)16-36(33)34/h3,5-9,12-14H,1-2,4,10-11,15-16H2,(H,27,28)(H,31,32)(H,33,34)/p-1. The van der Waals surface area contributed by atoms with Crippen molar-refractivity contribution < 1.29 is 28.2 Å². The Kier molecular flexibility index (Phi) is 8.24. The Morgan fingerprint density at radius 1 is 1.17 bits per heavy atom. The molecule has 0 radical (unpaired) electrons. The van der Waals surface area contributed by atoms with Crippen molar-refractivity contribution in [1.82, 2.24) is 14.9 Å². The number of amides is 1. The lowest BCUT2D eigenvalue weighted by atomic mass is 10.1. The van der Waals surface area contributed by atoms with Crippen molar-refractivity contribution in [2.75, 3.05) is 11.9 Å². The normalized spacial score (nSPS) is 14.0. The van der Waals surface area contributed by atoms with Crippen molar-refractivity contribution in [2.24, 2.45) is 0 Å². The number of pyridine rings is 2. The van der Waals surface area contributed by atoms with Crippen molar-refractivity contribution in [3.63, 3.8) is 0 Å². The van der Waals surface area contributed by atoms with E-state index in [2.05, 4.69) is 15.3 Å². The van der Waals surface area contributed by atoms with Crippen molar-refractivity contribution in [3.05, 3.63) is 71.7 Å². The zero-order valence-corrected chi connectivity index (χ0v) is 20.2. The van der Waals surface area contributed by atoms with Gasteiger partial charge in [-0.15, -0.1) is 0 Å². The molecule has 3 aromatic rings. The Balaban J connectivity index is 1.52. The van der Waals surface area contributed by atoms with E-state index in [1.54, 1.807) is 35.4 Å². The number of hydrogen-bond donors (Lipinski definition) is 2. The first-order valence-corrected chi connectivity index (χ1v) is 12.6. The summed E-state index contributed by atoms with van der Waals surface area (Å²) in [6, 6.07) is 12.4. The summed E-state index contributed by atoms with van der Waals surface area (Å²) >= 11 is -2.22. The van der Waals surface area contributed by atoms with Gasteiger partial charge in [-0.05, 0) is 65.9 Å². The third-order valence-corrected chi connectivity index (χ3v) is 6.14. The maximum atomic E-state index is 12.2. The zero-order valence-electron chi connectivity index (χ0n) is 19.4. The van der Waals surface area contributed by atoms with Gasteiger partial charge in [-0.2, -0.15) is 0 Å². The number of carbonyl (C=O) groups is 2. The van der Waals surface area contributed by atoms with Gasteiger partial charge in [0.2, 0.25) is 5.91 Å². The second-order valence-corrected chi connectivity index (χ2v) is 9.24. The molecule has 2 aromatic heterocycles. The summed E-state index contributed by atoms with van der Waals surface area (Å²) in [4.78, 5) is 33.3. The van der Waals surface area contributed by atoms with Crippen LogP contribution in [0.25, 0.3) is 0 Å². The quantitative estimate of drug-likeness (QED) is 0.371. The second-order valence-electron chi connectivity index (χ2n) is 8.35. The lowest BCUT2D eigenvalue weighted by Crippen LogP contribution is -2.24. The van der Waals surface area contributed by atoms with E-state index in [1.165, 1.54) is 6.20 Å². The number of rotatable bonds is 11. The van der Waals surface area contributed by atoms with Gasteiger partial charge in [0, 0.05) is 43.4 Å². The average Bonchev–Trinajstić information content (AvgIpc) is 3.25. The molecule has 3 heterocycles. The predicted molar refractivity (Wildman–Crippen MR) is 132 cm³/mol. The molecule has 11 heteroatoms. The molecule has 0 spiro atoms. The molecule has 0 aliphatic carbocycles. The van der Waals surface area contributed by atoms with Crippen LogP contribution in [0.3, 0.4) is 0 Å². The van der Waals surface area contributed by atoms with Crippen molar-refractivity contribution in [1.29, 1.82) is 0 Å². The summed E-state index contributed by atoms with van der Waals surface area (Å²) < 4.78 is 27.8. The van der Waals surface area contributed by atoms with E-state index in [0.29, 0.717) is 48.9 Å². The van der Waals surface area contributed by atoms with Crippen LogP contribution in [-0.4, -0.2) is 47.2 Å². The molecule has 1 aliphatic rings. The predicted octanol–water partition coefficient (Wildman–Crippen LogP) is 3.53. The van der Waals surface area contributed by atoms with Gasteiger partial charge in [0.1, 0.15) is 17.3 Å². The van der Waals surface area contributed by atoms with E-state index >= 15 is 0 Å². The van der Waals surface area contributed by atoms with Gasteiger partial charge in [-0.1, -0.05) is 6.07 Å². The molecule has 10 nitrogen and oxygen atoms in total. The summed E-state index contributed by atoms with van der Waals surface area (Å²) in [5.41, 5.74) is 2.79. The third-order valence-electron chi connectivity index (χ3n) is 5.61.